The van der Waals surface area contributed by atoms with Crippen LogP contribution in [0.3, 0.4) is 0 Å². The molecule has 1 aliphatic rings. The van der Waals surface area contributed by atoms with E-state index in [0.717, 1.165) is 6.42 Å². The predicted octanol–water partition coefficient (Wildman–Crippen LogP) is 0.862. The zero-order valence-corrected chi connectivity index (χ0v) is 11.1. The first-order valence-corrected chi connectivity index (χ1v) is 6.34. The molecule has 0 radical (unpaired) electrons. The summed E-state index contributed by atoms with van der Waals surface area (Å²) < 4.78 is 0. The van der Waals surface area contributed by atoms with Gasteiger partial charge in [-0.15, -0.1) is 6.58 Å². The van der Waals surface area contributed by atoms with Gasteiger partial charge in [-0.1, -0.05) is 13.0 Å². The predicted molar refractivity (Wildman–Crippen MR) is 69.2 cm³/mol. The Bertz CT molecular complexity index is 330. The van der Waals surface area contributed by atoms with Crippen molar-refractivity contribution in [1.29, 1.82) is 0 Å². The van der Waals surface area contributed by atoms with Crippen molar-refractivity contribution in [2.45, 2.75) is 38.8 Å². The Balaban J connectivity index is 2.69. The van der Waals surface area contributed by atoms with Gasteiger partial charge in [0.25, 0.3) is 0 Å². The third-order valence-electron chi connectivity index (χ3n) is 3.49. The lowest BCUT2D eigenvalue weighted by molar-refractivity contribution is -0.148. The molecule has 0 spiro atoms. The second kappa shape index (κ2) is 6.54. The van der Waals surface area contributed by atoms with Crippen LogP contribution in [-0.4, -0.2) is 47.1 Å². The van der Waals surface area contributed by atoms with E-state index in [1.165, 1.54) is 0 Å². The second-order valence-corrected chi connectivity index (χ2v) is 4.93. The fraction of sp³-hybridized carbons (Fsp3) is 0.692. The van der Waals surface area contributed by atoms with E-state index in [9.17, 15) is 14.7 Å². The molecule has 5 heteroatoms. The second-order valence-electron chi connectivity index (χ2n) is 4.93. The zero-order chi connectivity index (χ0) is 13.7. The van der Waals surface area contributed by atoms with Crippen molar-refractivity contribution in [3.05, 3.63) is 12.7 Å². The lowest BCUT2D eigenvalue weighted by Gasteiger charge is -2.39. The standard InChI is InChI=1S/C13H22N2O3/c1-4-6-14-12(16)10(3)15-7-5-9(2)8-11(15)13(17)18/h4,9-11H,1,5-8H2,2-3H3,(H,14,16)(H,17,18). The summed E-state index contributed by atoms with van der Waals surface area (Å²) in [7, 11) is 0. The van der Waals surface area contributed by atoms with Gasteiger partial charge in [-0.05, 0) is 25.7 Å². The van der Waals surface area contributed by atoms with Crippen LogP contribution in [0.5, 0.6) is 0 Å². The van der Waals surface area contributed by atoms with Gasteiger partial charge in [-0.3, -0.25) is 14.5 Å². The number of carboxylic acids is 1. The number of hydrogen-bond acceptors (Lipinski definition) is 3. The summed E-state index contributed by atoms with van der Waals surface area (Å²) in [6.07, 6.45) is 3.15. The van der Waals surface area contributed by atoms with E-state index in [1.807, 2.05) is 0 Å². The number of hydrogen-bond donors (Lipinski definition) is 2. The molecular formula is C13H22N2O3. The third kappa shape index (κ3) is 3.57. The van der Waals surface area contributed by atoms with Crippen molar-refractivity contribution < 1.29 is 14.7 Å². The molecule has 0 aromatic carbocycles. The largest absolute Gasteiger partial charge is 0.480 e. The molecule has 0 aliphatic carbocycles. The first-order valence-electron chi connectivity index (χ1n) is 6.34. The lowest BCUT2D eigenvalue weighted by atomic mass is 9.91. The Hall–Kier alpha value is -1.36. The highest BCUT2D eigenvalue weighted by Gasteiger charge is 2.36. The molecule has 2 N–H and O–H groups in total. The summed E-state index contributed by atoms with van der Waals surface area (Å²) >= 11 is 0. The van der Waals surface area contributed by atoms with E-state index < -0.39 is 18.1 Å². The summed E-state index contributed by atoms with van der Waals surface area (Å²) in [5, 5.41) is 12.0. The van der Waals surface area contributed by atoms with Crippen LogP contribution in [0.25, 0.3) is 0 Å². The molecule has 1 heterocycles. The van der Waals surface area contributed by atoms with Crippen molar-refractivity contribution in [3.8, 4) is 0 Å². The quantitative estimate of drug-likeness (QED) is 0.714. The molecule has 0 bridgehead atoms. The molecule has 1 amide bonds. The van der Waals surface area contributed by atoms with Gasteiger partial charge in [-0.25, -0.2) is 0 Å². The van der Waals surface area contributed by atoms with Crippen LogP contribution < -0.4 is 5.32 Å². The molecule has 0 aromatic heterocycles. The van der Waals surface area contributed by atoms with Crippen molar-refractivity contribution in [2.24, 2.45) is 5.92 Å². The first kappa shape index (κ1) is 14.7. The number of carbonyl (C=O) groups is 2. The van der Waals surface area contributed by atoms with Gasteiger partial charge in [0.2, 0.25) is 5.91 Å². The van der Waals surface area contributed by atoms with E-state index in [2.05, 4.69) is 18.8 Å². The van der Waals surface area contributed by atoms with Gasteiger partial charge in [0, 0.05) is 13.1 Å². The van der Waals surface area contributed by atoms with Gasteiger partial charge in [0.1, 0.15) is 6.04 Å². The average molecular weight is 254 g/mol. The number of carboxylic acid groups (broad SMARTS) is 1. The normalized spacial score (nSPS) is 26.3. The Morgan fingerprint density at radius 2 is 2.28 bits per heavy atom. The van der Waals surface area contributed by atoms with Gasteiger partial charge < -0.3 is 10.4 Å². The SMILES string of the molecule is C=CCNC(=O)C(C)N1CCC(C)CC1C(=O)O. The number of piperidine rings is 1. The number of nitrogens with zero attached hydrogens (tertiary/aromatic N) is 1. The molecule has 3 unspecified atom stereocenters. The molecule has 5 nitrogen and oxygen atoms in total. The van der Waals surface area contributed by atoms with Crippen molar-refractivity contribution in [3.63, 3.8) is 0 Å². The minimum absolute atomic E-state index is 0.143. The summed E-state index contributed by atoms with van der Waals surface area (Å²) in [6.45, 7) is 8.40. The highest BCUT2D eigenvalue weighted by Crippen LogP contribution is 2.24. The van der Waals surface area contributed by atoms with Crippen LogP contribution in [0.2, 0.25) is 0 Å². The van der Waals surface area contributed by atoms with Crippen LogP contribution in [0, 0.1) is 5.92 Å². The van der Waals surface area contributed by atoms with Crippen LogP contribution in [0.1, 0.15) is 26.7 Å². The van der Waals surface area contributed by atoms with E-state index in [1.54, 1.807) is 17.9 Å². The van der Waals surface area contributed by atoms with Crippen LogP contribution in [0.4, 0.5) is 0 Å². The highest BCUT2D eigenvalue weighted by atomic mass is 16.4. The number of carbonyl (C=O) groups excluding carboxylic acids is 1. The lowest BCUT2D eigenvalue weighted by Crippen LogP contribution is -2.55. The zero-order valence-electron chi connectivity index (χ0n) is 11.1. The molecule has 3 atom stereocenters. The molecule has 0 aromatic rings. The smallest absolute Gasteiger partial charge is 0.320 e. The number of rotatable bonds is 5. The highest BCUT2D eigenvalue weighted by molar-refractivity contribution is 5.83. The number of aliphatic carboxylic acids is 1. The number of nitrogens with one attached hydrogen (secondary N) is 1. The fourth-order valence-electron chi connectivity index (χ4n) is 2.34. The van der Waals surface area contributed by atoms with Crippen molar-refractivity contribution in [1.82, 2.24) is 10.2 Å². The number of likely N-dealkylation sites (tertiary alicyclic amines) is 1. The first-order chi connectivity index (χ1) is 8.47. The monoisotopic (exact) mass is 254 g/mol. The summed E-state index contributed by atoms with van der Waals surface area (Å²) in [4.78, 5) is 24.9. The molecule has 1 aliphatic heterocycles. The summed E-state index contributed by atoms with van der Waals surface area (Å²) in [5.74, 6) is -0.591. The van der Waals surface area contributed by atoms with Crippen molar-refractivity contribution >= 4 is 11.9 Å². The molecule has 1 saturated heterocycles. The third-order valence-corrected chi connectivity index (χ3v) is 3.49. The molecule has 1 fully saturated rings. The fourth-order valence-corrected chi connectivity index (χ4v) is 2.34. The topological polar surface area (TPSA) is 69.6 Å². The average Bonchev–Trinajstić information content (AvgIpc) is 2.34. The van der Waals surface area contributed by atoms with Crippen LogP contribution >= 0.6 is 0 Å². The Morgan fingerprint density at radius 1 is 1.61 bits per heavy atom. The van der Waals surface area contributed by atoms with Gasteiger partial charge in [-0.2, -0.15) is 0 Å². The van der Waals surface area contributed by atoms with E-state index in [0.29, 0.717) is 25.4 Å². The molecule has 102 valence electrons. The molecule has 18 heavy (non-hydrogen) atoms. The maximum atomic E-state index is 11.9. The summed E-state index contributed by atoms with van der Waals surface area (Å²) in [6, 6.07) is -0.975. The van der Waals surface area contributed by atoms with Crippen LogP contribution in [-0.2, 0) is 9.59 Å². The van der Waals surface area contributed by atoms with Crippen molar-refractivity contribution in [2.75, 3.05) is 13.1 Å². The van der Waals surface area contributed by atoms with E-state index in [4.69, 9.17) is 0 Å². The number of amides is 1. The maximum Gasteiger partial charge on any atom is 0.320 e. The Kier molecular flexibility index (Phi) is 5.34. The molecule has 1 rings (SSSR count). The van der Waals surface area contributed by atoms with Gasteiger partial charge >= 0.3 is 5.97 Å². The minimum atomic E-state index is -0.843. The minimum Gasteiger partial charge on any atom is -0.480 e. The van der Waals surface area contributed by atoms with Gasteiger partial charge in [0.05, 0.1) is 6.04 Å². The maximum absolute atomic E-state index is 11.9. The van der Waals surface area contributed by atoms with E-state index >= 15 is 0 Å². The summed E-state index contributed by atoms with van der Waals surface area (Å²) in [5.41, 5.74) is 0. The van der Waals surface area contributed by atoms with Gasteiger partial charge in [0.15, 0.2) is 0 Å². The van der Waals surface area contributed by atoms with Crippen LogP contribution in [0.15, 0.2) is 12.7 Å². The molecule has 0 saturated carbocycles. The molecular weight excluding hydrogens is 232 g/mol. The Labute approximate surface area is 108 Å². The Morgan fingerprint density at radius 3 is 2.83 bits per heavy atom. The van der Waals surface area contributed by atoms with E-state index in [-0.39, 0.29) is 5.91 Å².